The van der Waals surface area contributed by atoms with Gasteiger partial charge in [0.15, 0.2) is 0 Å². The van der Waals surface area contributed by atoms with Crippen LogP contribution in [0.2, 0.25) is 5.02 Å². The third-order valence-corrected chi connectivity index (χ3v) is 6.81. The largest absolute Gasteiger partial charge is 0.342 e. The van der Waals surface area contributed by atoms with Crippen LogP contribution in [0.15, 0.2) is 42.5 Å². The number of halogens is 2. The summed E-state index contributed by atoms with van der Waals surface area (Å²) in [4.78, 5) is 19.5. The van der Waals surface area contributed by atoms with Gasteiger partial charge in [-0.25, -0.2) is 9.37 Å². The molecule has 0 radical (unpaired) electrons. The van der Waals surface area contributed by atoms with Gasteiger partial charge in [-0.15, -0.1) is 11.3 Å². The monoisotopic (exact) mass is 416 g/mol. The average Bonchev–Trinajstić information content (AvgIpc) is 3.10. The molecular weight excluding hydrogens is 395 g/mol. The Bertz CT molecular complexity index is 997. The van der Waals surface area contributed by atoms with Crippen LogP contribution in [-0.4, -0.2) is 28.9 Å². The van der Waals surface area contributed by atoms with E-state index in [4.69, 9.17) is 16.6 Å². The molecule has 0 aliphatic carbocycles. The van der Waals surface area contributed by atoms with Gasteiger partial charge in [-0.05, 0) is 55.2 Å². The maximum atomic E-state index is 13.4. The number of carbonyl (C=O) groups excluding carboxylic acids is 1. The quantitative estimate of drug-likeness (QED) is 0.548. The van der Waals surface area contributed by atoms with Crippen LogP contribution in [0, 0.1) is 11.7 Å². The molecule has 1 amide bonds. The van der Waals surface area contributed by atoms with E-state index in [0.717, 1.165) is 46.7 Å². The SMILES string of the molecule is CC(Cc1cccc(F)c1)C(=O)N1CCC(c2nc3cc(Cl)ccc3s2)CC1. The first-order valence-electron chi connectivity index (χ1n) is 9.59. The molecule has 3 nitrogen and oxygen atoms in total. The number of nitrogens with zero attached hydrogens (tertiary/aromatic N) is 2. The number of carbonyl (C=O) groups is 1. The number of piperidine rings is 1. The van der Waals surface area contributed by atoms with Crippen molar-refractivity contribution in [1.82, 2.24) is 9.88 Å². The molecule has 28 heavy (non-hydrogen) atoms. The van der Waals surface area contributed by atoms with Gasteiger partial charge < -0.3 is 4.90 Å². The van der Waals surface area contributed by atoms with E-state index in [2.05, 4.69) is 0 Å². The van der Waals surface area contributed by atoms with E-state index in [1.165, 1.54) is 12.1 Å². The van der Waals surface area contributed by atoms with Gasteiger partial charge in [-0.3, -0.25) is 4.79 Å². The summed E-state index contributed by atoms with van der Waals surface area (Å²) in [6, 6.07) is 12.3. The highest BCUT2D eigenvalue weighted by molar-refractivity contribution is 7.18. The molecule has 1 saturated heterocycles. The third-order valence-electron chi connectivity index (χ3n) is 5.37. The number of rotatable bonds is 4. The zero-order valence-electron chi connectivity index (χ0n) is 15.7. The van der Waals surface area contributed by atoms with Gasteiger partial charge in [0.05, 0.1) is 15.2 Å². The molecule has 0 bridgehead atoms. The van der Waals surface area contributed by atoms with Crippen molar-refractivity contribution >= 4 is 39.1 Å². The number of amides is 1. The van der Waals surface area contributed by atoms with E-state index in [1.807, 2.05) is 36.1 Å². The van der Waals surface area contributed by atoms with E-state index in [-0.39, 0.29) is 17.6 Å². The number of hydrogen-bond acceptors (Lipinski definition) is 3. The van der Waals surface area contributed by atoms with Crippen LogP contribution in [0.25, 0.3) is 10.2 Å². The van der Waals surface area contributed by atoms with Gasteiger partial charge in [-0.2, -0.15) is 0 Å². The second-order valence-electron chi connectivity index (χ2n) is 7.50. The second kappa shape index (κ2) is 8.18. The average molecular weight is 417 g/mol. The Morgan fingerprint density at radius 2 is 2.07 bits per heavy atom. The summed E-state index contributed by atoms with van der Waals surface area (Å²) in [6.07, 6.45) is 2.41. The number of fused-ring (bicyclic) bond motifs is 1. The van der Waals surface area contributed by atoms with Gasteiger partial charge >= 0.3 is 0 Å². The van der Waals surface area contributed by atoms with Crippen LogP contribution in [0.5, 0.6) is 0 Å². The Balaban J connectivity index is 1.36. The number of likely N-dealkylation sites (tertiary alicyclic amines) is 1. The molecule has 1 unspecified atom stereocenters. The predicted octanol–water partition coefficient (Wildman–Crippen LogP) is 5.67. The Hall–Kier alpha value is -1.98. The van der Waals surface area contributed by atoms with Crippen molar-refractivity contribution in [1.29, 1.82) is 0 Å². The number of benzene rings is 2. The second-order valence-corrected chi connectivity index (χ2v) is 9.00. The normalized spacial score (nSPS) is 16.5. The standard InChI is InChI=1S/C22H22ClFN2OS/c1-14(11-15-3-2-4-18(24)12-15)22(27)26-9-7-16(8-10-26)21-25-19-13-17(23)5-6-20(19)28-21/h2-6,12-14,16H,7-11H2,1H3. The van der Waals surface area contributed by atoms with Crippen LogP contribution < -0.4 is 0 Å². The summed E-state index contributed by atoms with van der Waals surface area (Å²) in [5.74, 6) is 0.135. The topological polar surface area (TPSA) is 33.2 Å². The van der Waals surface area contributed by atoms with Crippen molar-refractivity contribution < 1.29 is 9.18 Å². The van der Waals surface area contributed by atoms with Crippen molar-refractivity contribution in [3.05, 3.63) is 63.9 Å². The lowest BCUT2D eigenvalue weighted by atomic mass is 9.94. The number of hydrogen-bond donors (Lipinski definition) is 0. The zero-order chi connectivity index (χ0) is 19.7. The van der Waals surface area contributed by atoms with E-state index >= 15 is 0 Å². The fourth-order valence-electron chi connectivity index (χ4n) is 3.86. The Kier molecular flexibility index (Phi) is 5.65. The fourth-order valence-corrected chi connectivity index (χ4v) is 5.14. The molecule has 2 aromatic carbocycles. The van der Waals surface area contributed by atoms with Gasteiger partial charge in [0.25, 0.3) is 0 Å². The minimum absolute atomic E-state index is 0.150. The Morgan fingerprint density at radius 1 is 1.29 bits per heavy atom. The molecule has 4 rings (SSSR count). The highest BCUT2D eigenvalue weighted by atomic mass is 35.5. The first-order valence-corrected chi connectivity index (χ1v) is 10.8. The van der Waals surface area contributed by atoms with E-state index < -0.39 is 0 Å². The first kappa shape index (κ1) is 19.3. The molecule has 146 valence electrons. The molecule has 2 heterocycles. The molecule has 0 spiro atoms. The lowest BCUT2D eigenvalue weighted by molar-refractivity contribution is -0.136. The molecule has 0 N–H and O–H groups in total. The van der Waals surface area contributed by atoms with Crippen LogP contribution in [0.3, 0.4) is 0 Å². The highest BCUT2D eigenvalue weighted by Gasteiger charge is 2.28. The zero-order valence-corrected chi connectivity index (χ0v) is 17.3. The van der Waals surface area contributed by atoms with Gasteiger partial charge in [0.2, 0.25) is 5.91 Å². The molecule has 3 aromatic rings. The summed E-state index contributed by atoms with van der Waals surface area (Å²) < 4.78 is 14.5. The number of aromatic nitrogens is 1. The van der Waals surface area contributed by atoms with E-state index in [9.17, 15) is 9.18 Å². The van der Waals surface area contributed by atoms with Crippen LogP contribution in [-0.2, 0) is 11.2 Å². The van der Waals surface area contributed by atoms with Crippen molar-refractivity contribution in [3.8, 4) is 0 Å². The molecule has 1 fully saturated rings. The van der Waals surface area contributed by atoms with Crippen molar-refractivity contribution in [2.24, 2.45) is 5.92 Å². The van der Waals surface area contributed by atoms with Gasteiger partial charge in [0, 0.05) is 29.9 Å². The lowest BCUT2D eigenvalue weighted by Gasteiger charge is -2.33. The molecule has 1 atom stereocenters. The van der Waals surface area contributed by atoms with E-state index in [0.29, 0.717) is 17.4 Å². The van der Waals surface area contributed by atoms with Crippen LogP contribution >= 0.6 is 22.9 Å². The highest BCUT2D eigenvalue weighted by Crippen LogP contribution is 2.35. The molecular formula is C22H22ClFN2OS. The van der Waals surface area contributed by atoms with Crippen LogP contribution in [0.1, 0.15) is 36.3 Å². The molecule has 1 aromatic heterocycles. The Labute approximate surface area is 173 Å². The summed E-state index contributed by atoms with van der Waals surface area (Å²) >= 11 is 7.79. The fraction of sp³-hybridized carbons (Fsp3) is 0.364. The predicted molar refractivity (Wildman–Crippen MR) is 112 cm³/mol. The minimum Gasteiger partial charge on any atom is -0.342 e. The number of thiazole rings is 1. The van der Waals surface area contributed by atoms with Crippen LogP contribution in [0.4, 0.5) is 4.39 Å². The maximum Gasteiger partial charge on any atom is 0.225 e. The van der Waals surface area contributed by atoms with Gasteiger partial charge in [-0.1, -0.05) is 30.7 Å². The van der Waals surface area contributed by atoms with Crippen molar-refractivity contribution in [2.75, 3.05) is 13.1 Å². The minimum atomic E-state index is -0.255. The van der Waals surface area contributed by atoms with E-state index in [1.54, 1.807) is 17.4 Å². The molecule has 1 aliphatic heterocycles. The Morgan fingerprint density at radius 3 is 2.82 bits per heavy atom. The first-order chi connectivity index (χ1) is 13.5. The summed E-state index contributed by atoms with van der Waals surface area (Å²) in [5.41, 5.74) is 1.82. The van der Waals surface area contributed by atoms with Gasteiger partial charge in [0.1, 0.15) is 5.82 Å². The van der Waals surface area contributed by atoms with Crippen molar-refractivity contribution in [3.63, 3.8) is 0 Å². The van der Waals surface area contributed by atoms with Crippen molar-refractivity contribution in [2.45, 2.75) is 32.1 Å². The maximum absolute atomic E-state index is 13.4. The smallest absolute Gasteiger partial charge is 0.225 e. The molecule has 1 aliphatic rings. The molecule has 6 heteroatoms. The summed E-state index contributed by atoms with van der Waals surface area (Å²) in [5, 5.41) is 1.84. The lowest BCUT2D eigenvalue weighted by Crippen LogP contribution is -2.41. The molecule has 0 saturated carbocycles. The third kappa shape index (κ3) is 4.20. The summed E-state index contributed by atoms with van der Waals surface area (Å²) in [7, 11) is 0. The summed E-state index contributed by atoms with van der Waals surface area (Å²) in [6.45, 7) is 3.41.